The van der Waals surface area contributed by atoms with Crippen molar-refractivity contribution in [3.63, 3.8) is 0 Å². The van der Waals surface area contributed by atoms with Gasteiger partial charge in [0.05, 0.1) is 40.6 Å². The third kappa shape index (κ3) is 6.19. The van der Waals surface area contributed by atoms with Crippen molar-refractivity contribution in [2.24, 2.45) is 4.99 Å². The number of methoxy groups -OCH3 is 1. The van der Waals surface area contributed by atoms with Gasteiger partial charge in [-0.1, -0.05) is 63.7 Å². The van der Waals surface area contributed by atoms with Gasteiger partial charge in [-0.3, -0.25) is 9.36 Å². The lowest BCUT2D eigenvalue weighted by molar-refractivity contribution is -0.143. The summed E-state index contributed by atoms with van der Waals surface area (Å²) in [6.45, 7) is 5.49. The van der Waals surface area contributed by atoms with Crippen LogP contribution in [0.25, 0.3) is 6.08 Å². The fraction of sp³-hybridized carbons (Fsp3) is 0.212. The quantitative estimate of drug-likeness (QED) is 0.235. The Morgan fingerprint density at radius 3 is 2.63 bits per heavy atom. The van der Waals surface area contributed by atoms with Crippen molar-refractivity contribution >= 4 is 39.3 Å². The average molecular weight is 659 g/mol. The fourth-order valence-corrected chi connectivity index (χ4v) is 6.27. The molecule has 8 nitrogen and oxygen atoms in total. The zero-order valence-electron chi connectivity index (χ0n) is 24.0. The lowest BCUT2D eigenvalue weighted by atomic mass is 9.95. The van der Waals surface area contributed by atoms with E-state index < -0.39 is 12.0 Å². The minimum absolute atomic E-state index is 0.193. The highest BCUT2D eigenvalue weighted by Gasteiger charge is 2.35. The van der Waals surface area contributed by atoms with Gasteiger partial charge < -0.3 is 14.2 Å². The molecule has 0 amide bonds. The van der Waals surface area contributed by atoms with Crippen LogP contribution in [0, 0.1) is 11.3 Å². The Morgan fingerprint density at radius 2 is 1.88 bits per heavy atom. The number of carbonyl (C=O) groups excluding carboxylic acids is 1. The average Bonchev–Trinajstić information content (AvgIpc) is 3.29. The van der Waals surface area contributed by atoms with E-state index in [2.05, 4.69) is 27.0 Å². The standard InChI is InChI=1S/C33H28BrN3O5S/c1-19(2)42-32(39)29-20(3)36-33-37(30(29)25-16-24(34)13-14-27(25)40-4)31(38)28(43-33)15-21-9-7-8-12-26(21)41-18-23-11-6-5-10-22(23)17-35/h5-16,19,30H,18H2,1-4H3/b28-15-/t30-/m1/s1. The molecule has 4 aromatic rings. The Morgan fingerprint density at radius 1 is 1.14 bits per heavy atom. The van der Waals surface area contributed by atoms with E-state index in [1.165, 1.54) is 15.9 Å². The van der Waals surface area contributed by atoms with E-state index in [4.69, 9.17) is 14.2 Å². The van der Waals surface area contributed by atoms with Crippen LogP contribution < -0.4 is 24.4 Å². The van der Waals surface area contributed by atoms with Crippen LogP contribution in [0.5, 0.6) is 11.5 Å². The number of rotatable bonds is 8. The summed E-state index contributed by atoms with van der Waals surface area (Å²) in [5.74, 6) is 0.529. The molecule has 0 saturated carbocycles. The molecular weight excluding hydrogens is 630 g/mol. The Balaban J connectivity index is 1.64. The van der Waals surface area contributed by atoms with Crippen LogP contribution >= 0.6 is 27.3 Å². The largest absolute Gasteiger partial charge is 0.496 e. The van der Waals surface area contributed by atoms with E-state index in [0.29, 0.717) is 43.2 Å². The molecule has 0 unspecified atom stereocenters. The number of aromatic nitrogens is 1. The second-order valence-corrected chi connectivity index (χ2v) is 11.9. The summed E-state index contributed by atoms with van der Waals surface area (Å²) in [5, 5.41) is 9.44. The molecule has 0 N–H and O–H groups in total. The van der Waals surface area contributed by atoms with E-state index in [0.717, 1.165) is 10.0 Å². The van der Waals surface area contributed by atoms with Gasteiger partial charge in [-0.2, -0.15) is 5.26 Å². The maximum Gasteiger partial charge on any atom is 0.338 e. The maximum absolute atomic E-state index is 14.1. The van der Waals surface area contributed by atoms with E-state index >= 15 is 0 Å². The van der Waals surface area contributed by atoms with Gasteiger partial charge >= 0.3 is 5.97 Å². The van der Waals surface area contributed by atoms with Gasteiger partial charge in [0.1, 0.15) is 24.1 Å². The smallest absolute Gasteiger partial charge is 0.338 e. The third-order valence-corrected chi connectivity index (χ3v) is 8.27. The summed E-state index contributed by atoms with van der Waals surface area (Å²) in [7, 11) is 1.55. The summed E-state index contributed by atoms with van der Waals surface area (Å²) in [5.41, 5.74) is 3.03. The lowest BCUT2D eigenvalue weighted by Crippen LogP contribution is -2.40. The minimum Gasteiger partial charge on any atom is -0.496 e. The minimum atomic E-state index is -0.828. The second-order valence-electron chi connectivity index (χ2n) is 10.0. The monoisotopic (exact) mass is 657 g/mol. The molecule has 5 rings (SSSR count). The predicted molar refractivity (Wildman–Crippen MR) is 168 cm³/mol. The number of allylic oxidation sites excluding steroid dienone is 1. The number of benzene rings is 3. The van der Waals surface area contributed by atoms with Gasteiger partial charge in [-0.25, -0.2) is 9.79 Å². The molecule has 0 fully saturated rings. The number of halogens is 1. The summed E-state index contributed by atoms with van der Waals surface area (Å²) in [4.78, 5) is 32.7. The van der Waals surface area contributed by atoms with Crippen molar-refractivity contribution in [2.75, 3.05) is 7.11 Å². The predicted octanol–water partition coefficient (Wildman–Crippen LogP) is 5.41. The summed E-state index contributed by atoms with van der Waals surface area (Å²) >= 11 is 4.75. The molecule has 2 heterocycles. The number of hydrogen-bond acceptors (Lipinski definition) is 8. The van der Waals surface area contributed by atoms with Crippen LogP contribution in [0.2, 0.25) is 0 Å². The summed E-state index contributed by atoms with van der Waals surface area (Å²) < 4.78 is 20.1. The van der Waals surface area contributed by atoms with Crippen LogP contribution in [0.15, 0.2) is 92.3 Å². The molecule has 3 aromatic carbocycles. The van der Waals surface area contributed by atoms with Gasteiger partial charge in [0.25, 0.3) is 5.56 Å². The number of carbonyl (C=O) groups is 1. The number of nitriles is 1. The van der Waals surface area contributed by atoms with Crippen molar-refractivity contribution in [3.05, 3.63) is 124 Å². The summed E-state index contributed by atoms with van der Waals surface area (Å²) in [6.07, 6.45) is 1.40. The summed E-state index contributed by atoms with van der Waals surface area (Å²) in [6, 6.07) is 21.5. The van der Waals surface area contributed by atoms with E-state index in [-0.39, 0.29) is 23.8 Å². The number of thiazole rings is 1. The van der Waals surface area contributed by atoms with Gasteiger partial charge in [-0.05, 0) is 57.2 Å². The maximum atomic E-state index is 14.1. The molecule has 1 aliphatic heterocycles. The van der Waals surface area contributed by atoms with Crippen LogP contribution in [-0.2, 0) is 16.1 Å². The molecule has 218 valence electrons. The Bertz CT molecular complexity index is 1970. The van der Waals surface area contributed by atoms with Crippen LogP contribution in [0.3, 0.4) is 0 Å². The van der Waals surface area contributed by atoms with Crippen molar-refractivity contribution in [3.8, 4) is 17.6 Å². The SMILES string of the molecule is COc1ccc(Br)cc1[C@@H]1C(C(=O)OC(C)C)=C(C)N=c2s/c(=C\c3ccccc3OCc3ccccc3C#N)c(=O)n21. The first-order valence-corrected chi connectivity index (χ1v) is 15.1. The molecule has 0 radical (unpaired) electrons. The normalized spacial score (nSPS) is 14.6. The third-order valence-electron chi connectivity index (χ3n) is 6.80. The molecule has 1 atom stereocenters. The van der Waals surface area contributed by atoms with E-state index in [9.17, 15) is 14.9 Å². The molecule has 10 heteroatoms. The number of para-hydroxylation sites is 1. The number of ether oxygens (including phenoxy) is 3. The number of nitrogens with zero attached hydrogens (tertiary/aromatic N) is 3. The van der Waals surface area contributed by atoms with Crippen LogP contribution in [-0.4, -0.2) is 23.8 Å². The van der Waals surface area contributed by atoms with Gasteiger partial charge in [-0.15, -0.1) is 0 Å². The molecule has 43 heavy (non-hydrogen) atoms. The molecule has 0 bridgehead atoms. The molecular formula is C33H28BrN3O5S. The first-order valence-electron chi connectivity index (χ1n) is 13.5. The topological polar surface area (TPSA) is 103 Å². The highest BCUT2D eigenvalue weighted by atomic mass is 79.9. The number of esters is 1. The van der Waals surface area contributed by atoms with Gasteiger partial charge in [0, 0.05) is 21.2 Å². The first kappa shape index (κ1) is 30.0. The van der Waals surface area contributed by atoms with Gasteiger partial charge in [0.15, 0.2) is 4.80 Å². The first-order chi connectivity index (χ1) is 20.7. The molecule has 1 aromatic heterocycles. The van der Waals surface area contributed by atoms with Crippen molar-refractivity contribution < 1.29 is 19.0 Å². The van der Waals surface area contributed by atoms with Crippen LogP contribution in [0.4, 0.5) is 0 Å². The zero-order chi connectivity index (χ0) is 30.7. The highest BCUT2D eigenvalue weighted by molar-refractivity contribution is 9.10. The van der Waals surface area contributed by atoms with Crippen molar-refractivity contribution in [2.45, 2.75) is 39.5 Å². The second kappa shape index (κ2) is 12.8. The van der Waals surface area contributed by atoms with E-state index in [1.54, 1.807) is 46.1 Å². The van der Waals surface area contributed by atoms with Crippen molar-refractivity contribution in [1.29, 1.82) is 5.26 Å². The zero-order valence-corrected chi connectivity index (χ0v) is 26.4. The van der Waals surface area contributed by atoms with Crippen LogP contribution in [0.1, 0.15) is 49.1 Å². The molecule has 0 spiro atoms. The van der Waals surface area contributed by atoms with E-state index in [1.807, 2.05) is 54.6 Å². The number of fused-ring (bicyclic) bond motifs is 1. The lowest BCUT2D eigenvalue weighted by Gasteiger charge is -2.26. The highest BCUT2D eigenvalue weighted by Crippen LogP contribution is 2.37. The molecule has 0 aliphatic carbocycles. The molecule has 0 saturated heterocycles. The van der Waals surface area contributed by atoms with Crippen molar-refractivity contribution in [1.82, 2.24) is 4.57 Å². The number of hydrogen-bond donors (Lipinski definition) is 0. The van der Waals surface area contributed by atoms with Gasteiger partial charge in [0.2, 0.25) is 0 Å². The molecule has 1 aliphatic rings. The fourth-order valence-electron chi connectivity index (χ4n) is 4.86. The Labute approximate surface area is 260 Å². The Hall–Kier alpha value is -4.46. The Kier molecular flexibility index (Phi) is 8.94.